The zero-order valence-electron chi connectivity index (χ0n) is 10.6. The molecule has 4 rings (SSSR count). The molecule has 0 aliphatic heterocycles. The molecular weight excluding hydrogens is 222 g/mol. The molecule has 90 valence electrons. The average molecular weight is 237 g/mol. The predicted molar refractivity (Wildman–Crippen MR) is 72.8 cm³/mol. The van der Waals surface area contributed by atoms with Crippen LogP contribution in [0.15, 0.2) is 18.2 Å². The Morgan fingerprint density at radius 2 is 1.94 bits per heavy atom. The number of aromatic amines is 2. The first kappa shape index (κ1) is 9.95. The highest BCUT2D eigenvalue weighted by atomic mass is 15.1. The van der Waals surface area contributed by atoms with Gasteiger partial charge in [0, 0.05) is 22.2 Å². The monoisotopic (exact) mass is 237 g/mol. The van der Waals surface area contributed by atoms with Crippen molar-refractivity contribution in [2.45, 2.75) is 26.7 Å². The van der Waals surface area contributed by atoms with Gasteiger partial charge < -0.3 is 4.98 Å². The number of nitrogens with one attached hydrogen (secondary N) is 2. The summed E-state index contributed by atoms with van der Waals surface area (Å²) in [7, 11) is 0. The van der Waals surface area contributed by atoms with Gasteiger partial charge in [-0.2, -0.15) is 5.10 Å². The van der Waals surface area contributed by atoms with E-state index in [1.165, 1.54) is 39.0 Å². The third-order valence-electron chi connectivity index (χ3n) is 4.00. The van der Waals surface area contributed by atoms with Gasteiger partial charge in [-0.15, -0.1) is 0 Å². The number of fused-ring (bicyclic) bond motifs is 5. The van der Waals surface area contributed by atoms with Gasteiger partial charge in [0.15, 0.2) is 0 Å². The van der Waals surface area contributed by atoms with Gasteiger partial charge in [-0.05, 0) is 43.9 Å². The lowest BCUT2D eigenvalue weighted by atomic mass is 9.92. The van der Waals surface area contributed by atoms with Gasteiger partial charge in [0.1, 0.15) is 5.69 Å². The van der Waals surface area contributed by atoms with E-state index in [9.17, 15) is 0 Å². The Bertz CT molecular complexity index is 761. The third-order valence-corrected chi connectivity index (χ3v) is 4.00. The van der Waals surface area contributed by atoms with Crippen molar-refractivity contribution in [1.29, 1.82) is 0 Å². The summed E-state index contributed by atoms with van der Waals surface area (Å²) in [5.41, 5.74) is 8.83. The van der Waals surface area contributed by atoms with Crippen molar-refractivity contribution in [2.75, 3.05) is 0 Å². The maximum atomic E-state index is 4.46. The molecule has 1 aromatic carbocycles. The first-order chi connectivity index (χ1) is 8.74. The van der Waals surface area contributed by atoms with Crippen LogP contribution in [0, 0.1) is 13.8 Å². The summed E-state index contributed by atoms with van der Waals surface area (Å²) >= 11 is 0. The van der Waals surface area contributed by atoms with E-state index < -0.39 is 0 Å². The molecule has 0 fully saturated rings. The lowest BCUT2D eigenvalue weighted by Gasteiger charge is -2.11. The van der Waals surface area contributed by atoms with E-state index in [-0.39, 0.29) is 0 Å². The number of hydrogen-bond acceptors (Lipinski definition) is 1. The third kappa shape index (κ3) is 1.16. The zero-order chi connectivity index (χ0) is 12.3. The van der Waals surface area contributed by atoms with E-state index in [2.05, 4.69) is 47.2 Å². The molecule has 3 nitrogen and oxygen atoms in total. The standard InChI is InChI=1S/C15H15N3/c1-8-3-4-11-12-6-5-10-9(2)17-18-15(10)14(12)16-13(11)7-8/h3-4,7,16H,5-6H2,1-2H3,(H,17,18). The number of benzene rings is 1. The molecule has 3 heteroatoms. The molecule has 0 atom stereocenters. The van der Waals surface area contributed by atoms with Crippen molar-refractivity contribution in [2.24, 2.45) is 0 Å². The molecule has 18 heavy (non-hydrogen) atoms. The second-order valence-corrected chi connectivity index (χ2v) is 5.20. The molecule has 0 bridgehead atoms. The van der Waals surface area contributed by atoms with Crippen LogP contribution >= 0.6 is 0 Å². The Morgan fingerprint density at radius 3 is 2.83 bits per heavy atom. The van der Waals surface area contributed by atoms with Crippen LogP contribution in [0.25, 0.3) is 22.3 Å². The number of aromatic nitrogens is 3. The molecule has 0 saturated carbocycles. The highest BCUT2D eigenvalue weighted by Crippen LogP contribution is 2.37. The maximum Gasteiger partial charge on any atom is 0.112 e. The van der Waals surface area contributed by atoms with Crippen LogP contribution in [-0.4, -0.2) is 15.2 Å². The summed E-state index contributed by atoms with van der Waals surface area (Å²) in [6.45, 7) is 4.23. The van der Waals surface area contributed by atoms with Gasteiger partial charge in [-0.3, -0.25) is 5.10 Å². The lowest BCUT2D eigenvalue weighted by molar-refractivity contribution is 0.938. The van der Waals surface area contributed by atoms with E-state index >= 15 is 0 Å². The van der Waals surface area contributed by atoms with Gasteiger partial charge in [-0.1, -0.05) is 12.1 Å². The van der Waals surface area contributed by atoms with Gasteiger partial charge in [0.05, 0.1) is 5.69 Å². The van der Waals surface area contributed by atoms with E-state index in [0.29, 0.717) is 0 Å². The van der Waals surface area contributed by atoms with E-state index in [4.69, 9.17) is 0 Å². The minimum atomic E-state index is 1.09. The van der Waals surface area contributed by atoms with Crippen molar-refractivity contribution in [1.82, 2.24) is 15.2 Å². The molecule has 0 spiro atoms. The summed E-state index contributed by atoms with van der Waals surface area (Å²) in [4.78, 5) is 3.54. The number of hydrogen-bond donors (Lipinski definition) is 2. The average Bonchev–Trinajstić information content (AvgIpc) is 2.89. The first-order valence-corrected chi connectivity index (χ1v) is 6.39. The van der Waals surface area contributed by atoms with Crippen molar-refractivity contribution in [3.05, 3.63) is 40.6 Å². The number of H-pyrrole nitrogens is 2. The summed E-state index contributed by atoms with van der Waals surface area (Å²) in [5.74, 6) is 0. The summed E-state index contributed by atoms with van der Waals surface area (Å²) in [6, 6.07) is 6.62. The van der Waals surface area contributed by atoms with E-state index in [0.717, 1.165) is 18.5 Å². The minimum Gasteiger partial charge on any atom is -0.353 e. The van der Waals surface area contributed by atoms with Crippen LogP contribution in [0.5, 0.6) is 0 Å². The van der Waals surface area contributed by atoms with Crippen LogP contribution in [0.3, 0.4) is 0 Å². The summed E-state index contributed by atoms with van der Waals surface area (Å²) in [5, 5.41) is 8.91. The Morgan fingerprint density at radius 1 is 1.11 bits per heavy atom. The minimum absolute atomic E-state index is 1.09. The molecule has 3 aromatic rings. The van der Waals surface area contributed by atoms with Crippen LogP contribution in [0.4, 0.5) is 0 Å². The fraction of sp³-hybridized carbons (Fsp3) is 0.267. The summed E-state index contributed by atoms with van der Waals surface area (Å²) in [6.07, 6.45) is 2.19. The Hall–Kier alpha value is -2.03. The Labute approximate surface area is 105 Å². The molecule has 2 N–H and O–H groups in total. The van der Waals surface area contributed by atoms with E-state index in [1.807, 2.05) is 0 Å². The van der Waals surface area contributed by atoms with Crippen molar-refractivity contribution >= 4 is 10.9 Å². The normalized spacial score (nSPS) is 13.7. The second kappa shape index (κ2) is 3.25. The second-order valence-electron chi connectivity index (χ2n) is 5.20. The molecule has 2 heterocycles. The number of aryl methyl sites for hydroxylation is 3. The van der Waals surface area contributed by atoms with Gasteiger partial charge >= 0.3 is 0 Å². The SMILES string of the molecule is Cc1ccc2c3c([nH]c2c1)-c1n[nH]c(C)c1CC3. The van der Waals surface area contributed by atoms with Crippen LogP contribution in [0.2, 0.25) is 0 Å². The van der Waals surface area contributed by atoms with Gasteiger partial charge in [0.25, 0.3) is 0 Å². The molecule has 1 aliphatic carbocycles. The Balaban J connectivity index is 2.07. The summed E-state index contributed by atoms with van der Waals surface area (Å²) < 4.78 is 0. The highest BCUT2D eigenvalue weighted by molar-refractivity contribution is 5.92. The van der Waals surface area contributed by atoms with Crippen LogP contribution < -0.4 is 0 Å². The number of nitrogens with zero attached hydrogens (tertiary/aromatic N) is 1. The molecule has 0 amide bonds. The topological polar surface area (TPSA) is 44.5 Å². The van der Waals surface area contributed by atoms with Crippen molar-refractivity contribution in [3.8, 4) is 11.4 Å². The lowest BCUT2D eigenvalue weighted by Crippen LogP contribution is -2.02. The molecule has 0 radical (unpaired) electrons. The van der Waals surface area contributed by atoms with Crippen LogP contribution in [0.1, 0.15) is 22.4 Å². The molecular formula is C15H15N3. The molecule has 0 unspecified atom stereocenters. The molecule has 0 saturated heterocycles. The smallest absolute Gasteiger partial charge is 0.112 e. The Kier molecular flexibility index (Phi) is 1.80. The molecule has 2 aromatic heterocycles. The quantitative estimate of drug-likeness (QED) is 0.619. The predicted octanol–water partition coefficient (Wildman–Crippen LogP) is 3.27. The number of rotatable bonds is 0. The van der Waals surface area contributed by atoms with E-state index in [1.54, 1.807) is 0 Å². The fourth-order valence-electron chi connectivity index (χ4n) is 3.05. The zero-order valence-corrected chi connectivity index (χ0v) is 10.6. The highest BCUT2D eigenvalue weighted by Gasteiger charge is 2.24. The van der Waals surface area contributed by atoms with Gasteiger partial charge in [0.2, 0.25) is 0 Å². The van der Waals surface area contributed by atoms with Crippen LogP contribution in [-0.2, 0) is 12.8 Å². The van der Waals surface area contributed by atoms with Crippen molar-refractivity contribution in [3.63, 3.8) is 0 Å². The molecule has 1 aliphatic rings. The van der Waals surface area contributed by atoms with Crippen molar-refractivity contribution < 1.29 is 0 Å². The first-order valence-electron chi connectivity index (χ1n) is 6.39. The maximum absolute atomic E-state index is 4.46. The largest absolute Gasteiger partial charge is 0.353 e. The van der Waals surface area contributed by atoms with Gasteiger partial charge in [-0.25, -0.2) is 0 Å². The fourth-order valence-corrected chi connectivity index (χ4v) is 3.05.